The van der Waals surface area contributed by atoms with Crippen molar-refractivity contribution in [1.29, 1.82) is 0 Å². The van der Waals surface area contributed by atoms with Crippen molar-refractivity contribution >= 4 is 29.2 Å². The molecule has 190 valence electrons. The molecule has 6 rings (SSSR count). The topological polar surface area (TPSA) is 33.6 Å². The van der Waals surface area contributed by atoms with Gasteiger partial charge in [-0.25, -0.2) is 4.39 Å². The third kappa shape index (κ3) is 5.09. The fraction of sp³-hybridized carbons (Fsp3) is 0.182. The second-order valence-corrected chi connectivity index (χ2v) is 10.4. The Morgan fingerprint density at radius 1 is 1.00 bits per heavy atom. The smallest absolute Gasteiger partial charge is 0.128 e. The van der Waals surface area contributed by atoms with Crippen LogP contribution in [0.3, 0.4) is 0 Å². The van der Waals surface area contributed by atoms with Gasteiger partial charge in [0.2, 0.25) is 0 Å². The fourth-order valence-corrected chi connectivity index (χ4v) is 5.63. The Bertz CT molecular complexity index is 1510. The average Bonchev–Trinajstić information content (AvgIpc) is 3.43. The average molecular weight is 523 g/mol. The van der Waals surface area contributed by atoms with Crippen LogP contribution in [0.5, 0.6) is 5.75 Å². The molecule has 2 aliphatic rings. The minimum absolute atomic E-state index is 0.252. The third-order valence-electron chi connectivity index (χ3n) is 7.40. The molecule has 0 saturated heterocycles. The molecule has 5 heteroatoms. The Balaban J connectivity index is 1.19. The van der Waals surface area contributed by atoms with E-state index in [1.807, 2.05) is 12.1 Å². The number of benzene rings is 4. The van der Waals surface area contributed by atoms with Crippen LogP contribution in [0.1, 0.15) is 46.2 Å². The van der Waals surface area contributed by atoms with Crippen molar-refractivity contribution in [2.24, 2.45) is 10.9 Å². The van der Waals surface area contributed by atoms with Crippen LogP contribution in [-0.2, 0) is 6.61 Å². The summed E-state index contributed by atoms with van der Waals surface area (Å²) in [6, 6.07) is 27.1. The molecule has 1 aliphatic carbocycles. The van der Waals surface area contributed by atoms with Gasteiger partial charge < -0.3 is 10.1 Å². The van der Waals surface area contributed by atoms with E-state index < -0.39 is 0 Å². The molecule has 38 heavy (non-hydrogen) atoms. The highest BCUT2D eigenvalue weighted by atomic mass is 35.5. The summed E-state index contributed by atoms with van der Waals surface area (Å²) in [7, 11) is 0. The SMILES string of the molecule is Cc1ccc2c(c1)[C@@H]1C=CC[C@H]1[C@@H](c1ccc(N=Cc3cc(Cl)ccc3OCc3ccc(F)cc3)cc1)N2. The van der Waals surface area contributed by atoms with Gasteiger partial charge in [-0.15, -0.1) is 0 Å². The molecular weight excluding hydrogens is 495 g/mol. The summed E-state index contributed by atoms with van der Waals surface area (Å²) in [5.41, 5.74) is 7.71. The molecule has 1 N–H and O–H groups in total. The number of rotatable bonds is 6. The van der Waals surface area contributed by atoms with Crippen LogP contribution in [-0.4, -0.2) is 6.21 Å². The second-order valence-electron chi connectivity index (χ2n) is 10.0. The Morgan fingerprint density at radius 3 is 2.63 bits per heavy atom. The van der Waals surface area contributed by atoms with Crippen molar-refractivity contribution in [2.75, 3.05) is 5.32 Å². The maximum absolute atomic E-state index is 13.2. The summed E-state index contributed by atoms with van der Waals surface area (Å²) in [6.07, 6.45) is 7.54. The van der Waals surface area contributed by atoms with E-state index in [1.54, 1.807) is 24.4 Å². The lowest BCUT2D eigenvalue weighted by atomic mass is 9.76. The van der Waals surface area contributed by atoms with Gasteiger partial charge in [-0.05, 0) is 84.5 Å². The van der Waals surface area contributed by atoms with E-state index in [0.717, 1.165) is 23.2 Å². The third-order valence-corrected chi connectivity index (χ3v) is 7.64. The number of aliphatic imine (C=N–C) groups is 1. The maximum Gasteiger partial charge on any atom is 0.128 e. The molecule has 0 unspecified atom stereocenters. The lowest BCUT2D eigenvalue weighted by Crippen LogP contribution is -2.29. The van der Waals surface area contributed by atoms with Gasteiger partial charge in [-0.1, -0.05) is 65.7 Å². The van der Waals surface area contributed by atoms with Crippen molar-refractivity contribution in [3.05, 3.63) is 136 Å². The summed E-state index contributed by atoms with van der Waals surface area (Å²) in [4.78, 5) is 4.70. The van der Waals surface area contributed by atoms with E-state index in [0.29, 0.717) is 29.2 Å². The van der Waals surface area contributed by atoms with Crippen LogP contribution in [0.2, 0.25) is 5.02 Å². The molecule has 4 aromatic carbocycles. The number of aryl methyl sites for hydroxylation is 1. The normalized spacial score (nSPS) is 19.7. The first-order valence-corrected chi connectivity index (χ1v) is 13.3. The summed E-state index contributed by atoms with van der Waals surface area (Å²) in [5, 5.41) is 4.41. The van der Waals surface area contributed by atoms with Crippen molar-refractivity contribution < 1.29 is 9.13 Å². The van der Waals surface area contributed by atoms with E-state index in [1.165, 1.54) is 34.5 Å². The molecule has 0 bridgehead atoms. The number of allylic oxidation sites excluding steroid dienone is 2. The molecule has 0 radical (unpaired) electrons. The first kappa shape index (κ1) is 24.4. The lowest BCUT2D eigenvalue weighted by molar-refractivity contribution is 0.305. The highest BCUT2D eigenvalue weighted by Gasteiger charge is 2.37. The molecule has 0 amide bonds. The number of hydrogen-bond acceptors (Lipinski definition) is 3. The predicted octanol–water partition coefficient (Wildman–Crippen LogP) is 8.94. The monoisotopic (exact) mass is 522 g/mol. The van der Waals surface area contributed by atoms with Crippen molar-refractivity contribution in [3.8, 4) is 5.75 Å². The Kier molecular flexibility index (Phi) is 6.73. The molecule has 3 nitrogen and oxygen atoms in total. The minimum Gasteiger partial charge on any atom is -0.488 e. The number of fused-ring (bicyclic) bond motifs is 3. The van der Waals surface area contributed by atoms with Crippen molar-refractivity contribution in [2.45, 2.75) is 31.9 Å². The van der Waals surface area contributed by atoms with Gasteiger partial charge in [0.05, 0.1) is 11.7 Å². The van der Waals surface area contributed by atoms with Gasteiger partial charge >= 0.3 is 0 Å². The van der Waals surface area contributed by atoms with Crippen LogP contribution in [0.25, 0.3) is 0 Å². The minimum atomic E-state index is -0.266. The zero-order chi connectivity index (χ0) is 26.1. The van der Waals surface area contributed by atoms with E-state index in [2.05, 4.69) is 66.9 Å². The van der Waals surface area contributed by atoms with E-state index in [-0.39, 0.29) is 11.9 Å². The first-order chi connectivity index (χ1) is 18.5. The summed E-state index contributed by atoms with van der Waals surface area (Å²) in [6.45, 7) is 2.48. The van der Waals surface area contributed by atoms with E-state index in [9.17, 15) is 4.39 Å². The molecule has 1 heterocycles. The largest absolute Gasteiger partial charge is 0.488 e. The number of halogens is 2. The molecule has 0 spiro atoms. The van der Waals surface area contributed by atoms with Gasteiger partial charge in [-0.2, -0.15) is 0 Å². The van der Waals surface area contributed by atoms with Crippen LogP contribution in [0, 0.1) is 18.7 Å². The molecule has 0 saturated carbocycles. The fourth-order valence-electron chi connectivity index (χ4n) is 5.45. The molecule has 0 aromatic heterocycles. The zero-order valence-corrected chi connectivity index (χ0v) is 21.8. The van der Waals surface area contributed by atoms with Crippen molar-refractivity contribution in [1.82, 2.24) is 0 Å². The number of nitrogens with one attached hydrogen (secondary N) is 1. The maximum atomic E-state index is 13.2. The lowest BCUT2D eigenvalue weighted by Gasteiger charge is -2.37. The summed E-state index contributed by atoms with van der Waals surface area (Å²) >= 11 is 6.26. The zero-order valence-electron chi connectivity index (χ0n) is 21.1. The first-order valence-electron chi connectivity index (χ1n) is 12.9. The molecule has 0 fully saturated rings. The number of anilines is 1. The van der Waals surface area contributed by atoms with Crippen molar-refractivity contribution in [3.63, 3.8) is 0 Å². The Labute approximate surface area is 227 Å². The van der Waals surface area contributed by atoms with Gasteiger partial charge in [0, 0.05) is 28.4 Å². The van der Waals surface area contributed by atoms with Crippen LogP contribution < -0.4 is 10.1 Å². The highest BCUT2D eigenvalue weighted by Crippen LogP contribution is 2.50. The van der Waals surface area contributed by atoms with Crippen LogP contribution >= 0.6 is 11.6 Å². The van der Waals surface area contributed by atoms with Crippen LogP contribution in [0.15, 0.2) is 102 Å². The van der Waals surface area contributed by atoms with E-state index >= 15 is 0 Å². The van der Waals surface area contributed by atoms with Crippen LogP contribution in [0.4, 0.5) is 15.8 Å². The Hall–Kier alpha value is -3.89. The second kappa shape index (κ2) is 10.5. The molecule has 1 aliphatic heterocycles. The number of hydrogen-bond donors (Lipinski definition) is 1. The molecule has 3 atom stereocenters. The number of nitrogens with zero attached hydrogens (tertiary/aromatic N) is 1. The van der Waals surface area contributed by atoms with Gasteiger partial charge in [0.1, 0.15) is 18.2 Å². The molecular formula is C33H28ClFN2O. The highest BCUT2D eigenvalue weighted by molar-refractivity contribution is 6.30. The predicted molar refractivity (Wildman–Crippen MR) is 153 cm³/mol. The Morgan fingerprint density at radius 2 is 1.82 bits per heavy atom. The van der Waals surface area contributed by atoms with Gasteiger partial charge in [-0.3, -0.25) is 4.99 Å². The molecule has 4 aromatic rings. The number of ether oxygens (including phenoxy) is 1. The summed E-state index contributed by atoms with van der Waals surface area (Å²) < 4.78 is 19.2. The van der Waals surface area contributed by atoms with Gasteiger partial charge in [0.15, 0.2) is 0 Å². The quantitative estimate of drug-likeness (QED) is 0.202. The standard InChI is InChI=1S/C33H28ClFN2O/c1-21-5-15-31-30(17-21)28-3-2-4-29(28)33(37-31)23-8-13-27(14-9-23)36-19-24-18-25(34)10-16-32(24)38-20-22-6-11-26(35)12-7-22/h2-3,5-19,28-29,33,37H,4,20H2,1H3/t28-,29-,33-/m1/s1. The van der Waals surface area contributed by atoms with E-state index in [4.69, 9.17) is 21.3 Å². The van der Waals surface area contributed by atoms with Gasteiger partial charge in [0.25, 0.3) is 0 Å². The summed E-state index contributed by atoms with van der Waals surface area (Å²) in [5.74, 6) is 1.35.